The van der Waals surface area contributed by atoms with Crippen molar-refractivity contribution in [3.8, 4) is 5.75 Å². The molecular formula is C11H10F2O. The van der Waals surface area contributed by atoms with Gasteiger partial charge in [0.25, 0.3) is 0 Å². The van der Waals surface area contributed by atoms with Crippen LogP contribution < -0.4 is 4.74 Å². The second-order valence-electron chi connectivity index (χ2n) is 2.64. The van der Waals surface area contributed by atoms with Crippen LogP contribution in [0.15, 0.2) is 43.5 Å². The lowest BCUT2D eigenvalue weighted by Crippen LogP contribution is -2.01. The Morgan fingerprint density at radius 2 is 2.14 bits per heavy atom. The summed E-state index contributed by atoms with van der Waals surface area (Å²) in [7, 11) is 0. The predicted octanol–water partition coefficient (Wildman–Crippen LogP) is 3.49. The lowest BCUT2D eigenvalue weighted by molar-refractivity contribution is -0.0498. The Morgan fingerprint density at radius 3 is 2.71 bits per heavy atom. The number of ether oxygens (including phenoxy) is 1. The lowest BCUT2D eigenvalue weighted by atomic mass is 10.1. The van der Waals surface area contributed by atoms with Gasteiger partial charge in [-0.05, 0) is 23.3 Å². The molecule has 1 aromatic rings. The minimum absolute atomic E-state index is 0.125. The SMILES string of the molecule is C=CC(=C)c1cccc(OC(F)F)c1. The van der Waals surface area contributed by atoms with Crippen LogP contribution in [0.5, 0.6) is 5.75 Å². The minimum atomic E-state index is -2.80. The molecule has 0 atom stereocenters. The molecule has 0 N–H and O–H groups in total. The third-order valence-electron chi connectivity index (χ3n) is 1.68. The first-order valence-corrected chi connectivity index (χ1v) is 4.00. The molecular weight excluding hydrogens is 186 g/mol. The number of rotatable bonds is 4. The molecule has 0 radical (unpaired) electrons. The van der Waals surface area contributed by atoms with Crippen LogP contribution in [-0.4, -0.2) is 6.61 Å². The first kappa shape index (κ1) is 10.4. The van der Waals surface area contributed by atoms with Gasteiger partial charge >= 0.3 is 6.61 Å². The molecule has 14 heavy (non-hydrogen) atoms. The number of benzene rings is 1. The summed E-state index contributed by atoms with van der Waals surface area (Å²) in [6.07, 6.45) is 1.56. The van der Waals surface area contributed by atoms with E-state index in [9.17, 15) is 8.78 Å². The summed E-state index contributed by atoms with van der Waals surface area (Å²) in [6, 6.07) is 6.34. The number of halogens is 2. The van der Waals surface area contributed by atoms with E-state index >= 15 is 0 Å². The Kier molecular flexibility index (Phi) is 3.40. The molecule has 1 nitrogen and oxygen atoms in total. The molecule has 0 amide bonds. The molecule has 74 valence electrons. The van der Waals surface area contributed by atoms with Gasteiger partial charge in [-0.2, -0.15) is 8.78 Å². The fraction of sp³-hybridized carbons (Fsp3) is 0.0909. The summed E-state index contributed by atoms with van der Waals surface area (Å²) >= 11 is 0. The van der Waals surface area contributed by atoms with Gasteiger partial charge in [0.1, 0.15) is 5.75 Å². The molecule has 0 aliphatic rings. The molecule has 3 heteroatoms. The molecule has 1 rings (SSSR count). The highest BCUT2D eigenvalue weighted by atomic mass is 19.3. The Bertz CT molecular complexity index is 345. The monoisotopic (exact) mass is 196 g/mol. The zero-order chi connectivity index (χ0) is 10.6. The van der Waals surface area contributed by atoms with Crippen molar-refractivity contribution < 1.29 is 13.5 Å². The first-order valence-electron chi connectivity index (χ1n) is 4.00. The minimum Gasteiger partial charge on any atom is -0.435 e. The number of allylic oxidation sites excluding steroid dienone is 2. The summed E-state index contributed by atoms with van der Waals surface area (Å²) in [5.41, 5.74) is 1.39. The second kappa shape index (κ2) is 4.56. The fourth-order valence-electron chi connectivity index (χ4n) is 0.990. The highest BCUT2D eigenvalue weighted by Gasteiger charge is 2.04. The van der Waals surface area contributed by atoms with Crippen molar-refractivity contribution in [3.63, 3.8) is 0 Å². The maximum Gasteiger partial charge on any atom is 0.387 e. The topological polar surface area (TPSA) is 9.23 Å². The number of hydrogen-bond acceptors (Lipinski definition) is 1. The van der Waals surface area contributed by atoms with Crippen molar-refractivity contribution in [2.45, 2.75) is 6.61 Å². The van der Waals surface area contributed by atoms with Crippen LogP contribution in [0, 0.1) is 0 Å². The van der Waals surface area contributed by atoms with Crippen molar-refractivity contribution in [3.05, 3.63) is 49.1 Å². The summed E-state index contributed by atoms with van der Waals surface area (Å²) in [5.74, 6) is 0.125. The molecule has 0 saturated heterocycles. The summed E-state index contributed by atoms with van der Waals surface area (Å²) in [6.45, 7) is 4.44. The van der Waals surface area contributed by atoms with E-state index in [1.807, 2.05) is 0 Å². The normalized spacial score (nSPS) is 9.93. The highest BCUT2D eigenvalue weighted by molar-refractivity contribution is 5.72. The molecule has 0 aliphatic heterocycles. The molecule has 0 saturated carbocycles. The molecule has 0 aromatic heterocycles. The molecule has 0 bridgehead atoms. The fourth-order valence-corrected chi connectivity index (χ4v) is 0.990. The van der Waals surface area contributed by atoms with Crippen LogP contribution in [0.1, 0.15) is 5.56 Å². The van der Waals surface area contributed by atoms with Gasteiger partial charge in [0.2, 0.25) is 0 Å². The molecule has 1 aromatic carbocycles. The molecule has 0 aliphatic carbocycles. The molecule has 0 fully saturated rings. The van der Waals surface area contributed by atoms with E-state index in [1.165, 1.54) is 12.1 Å². The third-order valence-corrected chi connectivity index (χ3v) is 1.68. The van der Waals surface area contributed by atoms with E-state index in [0.29, 0.717) is 5.57 Å². The van der Waals surface area contributed by atoms with Crippen LogP contribution >= 0.6 is 0 Å². The third kappa shape index (κ3) is 2.69. The van der Waals surface area contributed by atoms with Gasteiger partial charge in [-0.1, -0.05) is 31.4 Å². The van der Waals surface area contributed by atoms with Gasteiger partial charge in [0.15, 0.2) is 0 Å². The average Bonchev–Trinajstić information content (AvgIpc) is 2.16. The summed E-state index contributed by atoms with van der Waals surface area (Å²) in [5, 5.41) is 0. The largest absolute Gasteiger partial charge is 0.435 e. The van der Waals surface area contributed by atoms with E-state index < -0.39 is 6.61 Å². The Balaban J connectivity index is 2.89. The summed E-state index contributed by atoms with van der Waals surface area (Å²) < 4.78 is 28.0. The Morgan fingerprint density at radius 1 is 1.43 bits per heavy atom. The van der Waals surface area contributed by atoms with Crippen molar-refractivity contribution in [2.75, 3.05) is 0 Å². The van der Waals surface area contributed by atoms with Gasteiger partial charge in [-0.25, -0.2) is 0 Å². The first-order chi connectivity index (χ1) is 6.63. The van der Waals surface area contributed by atoms with E-state index in [-0.39, 0.29) is 5.75 Å². The summed E-state index contributed by atoms with van der Waals surface area (Å²) in [4.78, 5) is 0. The van der Waals surface area contributed by atoms with Crippen molar-refractivity contribution in [2.24, 2.45) is 0 Å². The Hall–Kier alpha value is -1.64. The standard InChI is InChI=1S/C11H10F2O/c1-3-8(2)9-5-4-6-10(7-9)14-11(12)13/h3-7,11H,1-2H2. The maximum atomic E-state index is 11.9. The van der Waals surface area contributed by atoms with E-state index in [4.69, 9.17) is 0 Å². The quantitative estimate of drug-likeness (QED) is 0.670. The number of hydrogen-bond donors (Lipinski definition) is 0. The van der Waals surface area contributed by atoms with Crippen LogP contribution in [0.3, 0.4) is 0 Å². The van der Waals surface area contributed by atoms with Crippen molar-refractivity contribution in [1.29, 1.82) is 0 Å². The van der Waals surface area contributed by atoms with E-state index in [1.54, 1.807) is 18.2 Å². The highest BCUT2D eigenvalue weighted by Crippen LogP contribution is 2.20. The van der Waals surface area contributed by atoms with Crippen molar-refractivity contribution in [1.82, 2.24) is 0 Å². The Labute approximate surface area is 81.3 Å². The average molecular weight is 196 g/mol. The lowest BCUT2D eigenvalue weighted by Gasteiger charge is -2.06. The zero-order valence-corrected chi connectivity index (χ0v) is 7.54. The second-order valence-corrected chi connectivity index (χ2v) is 2.64. The van der Waals surface area contributed by atoms with Gasteiger partial charge < -0.3 is 4.74 Å². The molecule has 0 unspecified atom stereocenters. The molecule has 0 heterocycles. The van der Waals surface area contributed by atoms with Crippen LogP contribution in [0.25, 0.3) is 5.57 Å². The van der Waals surface area contributed by atoms with Crippen LogP contribution in [0.4, 0.5) is 8.78 Å². The molecule has 0 spiro atoms. The van der Waals surface area contributed by atoms with Gasteiger partial charge in [-0.15, -0.1) is 0 Å². The van der Waals surface area contributed by atoms with E-state index in [2.05, 4.69) is 17.9 Å². The van der Waals surface area contributed by atoms with Crippen LogP contribution in [-0.2, 0) is 0 Å². The van der Waals surface area contributed by atoms with E-state index in [0.717, 1.165) is 5.56 Å². The van der Waals surface area contributed by atoms with Gasteiger partial charge in [0, 0.05) is 0 Å². The smallest absolute Gasteiger partial charge is 0.387 e. The van der Waals surface area contributed by atoms with Gasteiger partial charge in [-0.3, -0.25) is 0 Å². The number of alkyl halides is 2. The predicted molar refractivity (Wildman–Crippen MR) is 52.3 cm³/mol. The zero-order valence-electron chi connectivity index (χ0n) is 7.54. The van der Waals surface area contributed by atoms with Crippen LogP contribution in [0.2, 0.25) is 0 Å². The van der Waals surface area contributed by atoms with Crippen molar-refractivity contribution >= 4 is 5.57 Å². The van der Waals surface area contributed by atoms with Gasteiger partial charge in [0.05, 0.1) is 0 Å². The maximum absolute atomic E-state index is 11.9.